The number of amides is 1. The summed E-state index contributed by atoms with van der Waals surface area (Å²) >= 11 is 1.66. The first-order valence-corrected chi connectivity index (χ1v) is 11.1. The number of ether oxygens (including phenoxy) is 1. The monoisotopic (exact) mass is 410 g/mol. The van der Waals surface area contributed by atoms with Crippen molar-refractivity contribution in [3.63, 3.8) is 0 Å². The second-order valence-corrected chi connectivity index (χ2v) is 8.42. The smallest absolute Gasteiger partial charge is 0.309 e. The molecular weight excluding hydrogens is 384 g/mol. The van der Waals surface area contributed by atoms with Crippen molar-refractivity contribution >= 4 is 33.4 Å². The van der Waals surface area contributed by atoms with Crippen molar-refractivity contribution in [2.75, 3.05) is 19.7 Å². The first-order valence-electron chi connectivity index (χ1n) is 10.2. The Labute approximate surface area is 174 Å². The number of fused-ring (bicyclic) bond motifs is 1. The van der Waals surface area contributed by atoms with Gasteiger partial charge < -0.3 is 14.2 Å². The lowest BCUT2D eigenvalue weighted by Crippen LogP contribution is -2.41. The number of nitrogens with zero attached hydrogens (tertiary/aromatic N) is 2. The van der Waals surface area contributed by atoms with Gasteiger partial charge >= 0.3 is 5.97 Å². The summed E-state index contributed by atoms with van der Waals surface area (Å²) in [5.41, 5.74) is 2.99. The maximum absolute atomic E-state index is 13.4. The summed E-state index contributed by atoms with van der Waals surface area (Å²) in [7, 11) is 0. The van der Waals surface area contributed by atoms with Crippen LogP contribution in [0.15, 0.2) is 47.8 Å². The Hall–Kier alpha value is -2.60. The van der Waals surface area contributed by atoms with Crippen LogP contribution in [-0.4, -0.2) is 41.0 Å². The number of piperidine rings is 1. The molecule has 6 heteroatoms. The molecule has 152 valence electrons. The van der Waals surface area contributed by atoms with Gasteiger partial charge in [0.25, 0.3) is 5.91 Å². The molecule has 29 heavy (non-hydrogen) atoms. The van der Waals surface area contributed by atoms with Crippen LogP contribution in [0.4, 0.5) is 0 Å². The van der Waals surface area contributed by atoms with E-state index in [4.69, 9.17) is 4.74 Å². The van der Waals surface area contributed by atoms with E-state index in [1.165, 1.54) is 5.56 Å². The molecule has 2 aromatic heterocycles. The Bertz CT molecular complexity index is 1000. The molecule has 1 aromatic carbocycles. The summed E-state index contributed by atoms with van der Waals surface area (Å²) in [5.74, 6) is -0.197. The fraction of sp³-hybridized carbons (Fsp3) is 0.391. The van der Waals surface area contributed by atoms with Crippen molar-refractivity contribution in [2.45, 2.75) is 32.7 Å². The van der Waals surface area contributed by atoms with E-state index in [-0.39, 0.29) is 23.8 Å². The molecule has 1 fully saturated rings. The number of carbonyl (C=O) groups is 2. The fourth-order valence-corrected chi connectivity index (χ4v) is 4.96. The van der Waals surface area contributed by atoms with Crippen LogP contribution in [0.3, 0.4) is 0 Å². The van der Waals surface area contributed by atoms with Crippen molar-refractivity contribution < 1.29 is 14.3 Å². The normalized spacial score (nSPS) is 16.1. The number of carbonyl (C=O) groups excluding carboxylic acids is 2. The number of thiophene rings is 1. The van der Waals surface area contributed by atoms with E-state index in [0.29, 0.717) is 32.5 Å². The number of hydrogen-bond donors (Lipinski definition) is 0. The molecule has 3 aromatic rings. The van der Waals surface area contributed by atoms with Crippen molar-refractivity contribution in [2.24, 2.45) is 5.92 Å². The lowest BCUT2D eigenvalue weighted by molar-refractivity contribution is -0.149. The fourth-order valence-electron chi connectivity index (χ4n) is 4.15. The third-order valence-electron chi connectivity index (χ3n) is 5.75. The lowest BCUT2D eigenvalue weighted by atomic mass is 9.97. The predicted molar refractivity (Wildman–Crippen MR) is 115 cm³/mol. The standard InChI is InChI=1S/C23H26N2O3S/c1-3-28-23(27)18-9-12-24(13-10-18)22(26)20-15-21-19(11-14-29-21)25(20)16(2)17-7-5-4-6-8-17/h4-8,11,14-16,18H,3,9-10,12-13H2,1-2H3/t16-/m0/s1. The van der Waals surface area contributed by atoms with Gasteiger partial charge in [0, 0.05) is 13.1 Å². The van der Waals surface area contributed by atoms with E-state index in [0.717, 1.165) is 15.9 Å². The Balaban J connectivity index is 1.59. The van der Waals surface area contributed by atoms with E-state index in [1.807, 2.05) is 36.1 Å². The SMILES string of the molecule is CCOC(=O)C1CCN(C(=O)c2cc3sccc3n2[C@@H](C)c2ccccc2)CC1. The zero-order chi connectivity index (χ0) is 20.4. The average molecular weight is 411 g/mol. The molecule has 0 radical (unpaired) electrons. The molecule has 3 heterocycles. The Morgan fingerprint density at radius 3 is 2.59 bits per heavy atom. The van der Waals surface area contributed by atoms with Gasteiger partial charge in [-0.25, -0.2) is 0 Å². The third kappa shape index (κ3) is 3.81. The zero-order valence-electron chi connectivity index (χ0n) is 16.8. The van der Waals surface area contributed by atoms with Crippen molar-refractivity contribution in [1.82, 2.24) is 9.47 Å². The van der Waals surface area contributed by atoms with Gasteiger partial charge in [-0.05, 0) is 49.8 Å². The molecule has 4 rings (SSSR count). The summed E-state index contributed by atoms with van der Waals surface area (Å²) in [5, 5.41) is 2.07. The highest BCUT2D eigenvalue weighted by molar-refractivity contribution is 7.17. The molecule has 0 unspecified atom stereocenters. The third-order valence-corrected chi connectivity index (χ3v) is 6.60. The minimum atomic E-state index is -0.138. The summed E-state index contributed by atoms with van der Waals surface area (Å²) < 4.78 is 8.42. The molecule has 0 aliphatic carbocycles. The number of esters is 1. The summed E-state index contributed by atoms with van der Waals surface area (Å²) in [6.07, 6.45) is 1.32. The summed E-state index contributed by atoms with van der Waals surface area (Å²) in [4.78, 5) is 27.3. The van der Waals surface area contributed by atoms with Crippen LogP contribution >= 0.6 is 11.3 Å². The minimum Gasteiger partial charge on any atom is -0.466 e. The van der Waals surface area contributed by atoms with Crippen LogP contribution in [-0.2, 0) is 9.53 Å². The van der Waals surface area contributed by atoms with Gasteiger partial charge in [0.2, 0.25) is 0 Å². The largest absolute Gasteiger partial charge is 0.466 e. The van der Waals surface area contributed by atoms with E-state index in [9.17, 15) is 9.59 Å². The molecule has 0 bridgehead atoms. The maximum Gasteiger partial charge on any atom is 0.309 e. The summed E-state index contributed by atoms with van der Waals surface area (Å²) in [6, 6.07) is 14.4. The van der Waals surface area contributed by atoms with E-state index < -0.39 is 0 Å². The Morgan fingerprint density at radius 1 is 1.17 bits per heavy atom. The van der Waals surface area contributed by atoms with Crippen LogP contribution in [0.25, 0.3) is 10.2 Å². The minimum absolute atomic E-state index is 0.0403. The second-order valence-electron chi connectivity index (χ2n) is 7.47. The summed E-state index contributed by atoms with van der Waals surface area (Å²) in [6.45, 7) is 5.53. The number of likely N-dealkylation sites (tertiary alicyclic amines) is 1. The quantitative estimate of drug-likeness (QED) is 0.572. The molecule has 1 amide bonds. The predicted octanol–water partition coefficient (Wildman–Crippen LogP) is 4.73. The van der Waals surface area contributed by atoms with Crippen molar-refractivity contribution in [1.29, 1.82) is 0 Å². The van der Waals surface area contributed by atoms with Crippen molar-refractivity contribution in [3.05, 3.63) is 59.1 Å². The highest BCUT2D eigenvalue weighted by atomic mass is 32.1. The molecule has 0 spiro atoms. The topological polar surface area (TPSA) is 51.5 Å². The highest BCUT2D eigenvalue weighted by Gasteiger charge is 2.31. The van der Waals surface area contributed by atoms with Gasteiger partial charge in [-0.1, -0.05) is 30.3 Å². The maximum atomic E-state index is 13.4. The number of hydrogen-bond acceptors (Lipinski definition) is 4. The zero-order valence-corrected chi connectivity index (χ0v) is 17.7. The average Bonchev–Trinajstić information content (AvgIpc) is 3.35. The molecule has 0 saturated carbocycles. The van der Waals surface area contributed by atoms with Crippen LogP contribution in [0.5, 0.6) is 0 Å². The van der Waals surface area contributed by atoms with E-state index >= 15 is 0 Å². The first-order chi connectivity index (χ1) is 14.1. The molecule has 5 nitrogen and oxygen atoms in total. The van der Waals surface area contributed by atoms with Gasteiger partial charge in [0.15, 0.2) is 0 Å². The number of benzene rings is 1. The van der Waals surface area contributed by atoms with Crippen LogP contribution in [0, 0.1) is 5.92 Å². The van der Waals surface area contributed by atoms with Crippen molar-refractivity contribution in [3.8, 4) is 0 Å². The molecular formula is C23H26N2O3S. The van der Waals surface area contributed by atoms with Gasteiger partial charge in [-0.2, -0.15) is 0 Å². The Morgan fingerprint density at radius 2 is 1.90 bits per heavy atom. The highest BCUT2D eigenvalue weighted by Crippen LogP contribution is 2.32. The molecule has 1 aliphatic rings. The van der Waals surface area contributed by atoms with Crippen LogP contribution in [0.1, 0.15) is 48.8 Å². The van der Waals surface area contributed by atoms with Gasteiger partial charge in [0.05, 0.1) is 28.8 Å². The van der Waals surface area contributed by atoms with E-state index in [1.54, 1.807) is 11.3 Å². The second kappa shape index (κ2) is 8.41. The molecule has 1 atom stereocenters. The Kier molecular flexibility index (Phi) is 5.72. The van der Waals surface area contributed by atoms with Gasteiger partial charge in [-0.3, -0.25) is 9.59 Å². The molecule has 0 N–H and O–H groups in total. The van der Waals surface area contributed by atoms with Gasteiger partial charge in [-0.15, -0.1) is 11.3 Å². The molecule has 1 aliphatic heterocycles. The number of rotatable bonds is 5. The van der Waals surface area contributed by atoms with Crippen LogP contribution < -0.4 is 0 Å². The number of aromatic nitrogens is 1. The first kappa shape index (κ1) is 19.7. The van der Waals surface area contributed by atoms with Gasteiger partial charge in [0.1, 0.15) is 5.69 Å². The lowest BCUT2D eigenvalue weighted by Gasteiger charge is -2.31. The van der Waals surface area contributed by atoms with Crippen LogP contribution in [0.2, 0.25) is 0 Å². The van der Waals surface area contributed by atoms with E-state index in [2.05, 4.69) is 35.1 Å². The molecule has 1 saturated heterocycles.